The van der Waals surface area contributed by atoms with Gasteiger partial charge in [-0.05, 0) is 17.2 Å². The van der Waals surface area contributed by atoms with Gasteiger partial charge in [0.15, 0.2) is 23.3 Å². The molecule has 1 aromatic carbocycles. The molecule has 3 aromatic rings. The maximum atomic E-state index is 12.4. The average Bonchev–Trinajstić information content (AvgIpc) is 3.01. The minimum atomic E-state index is -4.28. The first-order valence-corrected chi connectivity index (χ1v) is 11.2. The van der Waals surface area contributed by atoms with Crippen molar-refractivity contribution in [3.63, 3.8) is 0 Å². The molecule has 2 aliphatic rings. The second-order valence-electron chi connectivity index (χ2n) is 7.35. The number of aliphatic hydroxyl groups excluding tert-OH is 1. The van der Waals surface area contributed by atoms with Crippen molar-refractivity contribution >= 4 is 36.3 Å². The molecule has 2 aromatic heterocycles. The summed E-state index contributed by atoms with van der Waals surface area (Å²) >= 11 is 5.85. The summed E-state index contributed by atoms with van der Waals surface area (Å²) in [6.45, 7) is 0.0827. The van der Waals surface area contributed by atoms with Crippen LogP contribution in [0.2, 0.25) is 5.28 Å². The molecule has 31 heavy (non-hydrogen) atoms. The highest BCUT2D eigenvalue weighted by Gasteiger charge is 2.79. The first kappa shape index (κ1) is 20.7. The molecule has 164 valence electrons. The van der Waals surface area contributed by atoms with Crippen molar-refractivity contribution < 1.29 is 28.9 Å². The number of ether oxygens (including phenoxy) is 1. The van der Waals surface area contributed by atoms with Gasteiger partial charge in [0.05, 0.1) is 6.33 Å². The van der Waals surface area contributed by atoms with Crippen LogP contribution in [0.25, 0.3) is 11.2 Å². The highest BCUT2D eigenvalue weighted by Crippen LogP contribution is 2.59. The topological polar surface area (TPSA) is 178 Å². The number of benzene rings is 1. The van der Waals surface area contributed by atoms with Crippen molar-refractivity contribution in [1.82, 2.24) is 24.6 Å². The summed E-state index contributed by atoms with van der Waals surface area (Å²) in [5.41, 5.74) is 5.14. The van der Waals surface area contributed by atoms with E-state index in [-0.39, 0.29) is 28.8 Å². The second-order valence-corrected chi connectivity index (χ2v) is 9.25. The Labute approximate surface area is 180 Å². The van der Waals surface area contributed by atoms with Gasteiger partial charge in [-0.1, -0.05) is 30.3 Å². The number of imidazole rings is 1. The van der Waals surface area contributed by atoms with E-state index < -0.39 is 37.9 Å². The zero-order valence-electron chi connectivity index (χ0n) is 15.7. The third-order valence-corrected chi connectivity index (χ3v) is 6.62. The van der Waals surface area contributed by atoms with E-state index in [9.17, 15) is 19.7 Å². The first-order chi connectivity index (χ1) is 14.7. The summed E-state index contributed by atoms with van der Waals surface area (Å²) in [5, 5.41) is 23.8. The Kier molecular flexibility index (Phi) is 4.81. The predicted octanol–water partition coefficient (Wildman–Crippen LogP) is 0.340. The SMILES string of the molecule is Nc1nc(Cl)nc2c1ncn2[C@@H]1O[C@@H]2C(OP(=O)(O)NCc3ccccc3)[C@]2(O)[C@@H]1O. The number of nitrogens with zero attached hydrogens (tertiary/aromatic N) is 4. The largest absolute Gasteiger partial charge is 0.403 e. The quantitative estimate of drug-likeness (QED) is 0.249. The summed E-state index contributed by atoms with van der Waals surface area (Å²) in [6, 6.07) is 8.98. The van der Waals surface area contributed by atoms with Crippen LogP contribution in [0.5, 0.6) is 0 Å². The van der Waals surface area contributed by atoms with Crippen LogP contribution in [0, 0.1) is 0 Å². The number of anilines is 1. The smallest absolute Gasteiger partial charge is 0.385 e. The molecular weight excluding hydrogens is 451 g/mol. The van der Waals surface area contributed by atoms with E-state index in [0.29, 0.717) is 0 Å². The van der Waals surface area contributed by atoms with Gasteiger partial charge in [-0.15, -0.1) is 0 Å². The molecule has 14 heteroatoms. The molecule has 5 rings (SSSR count). The molecular formula is C17H18ClN6O6P. The highest BCUT2D eigenvalue weighted by molar-refractivity contribution is 7.50. The van der Waals surface area contributed by atoms with Crippen molar-refractivity contribution in [3.05, 3.63) is 47.5 Å². The molecule has 3 heterocycles. The number of aliphatic hydroxyl groups is 2. The molecule has 0 spiro atoms. The lowest BCUT2D eigenvalue weighted by Crippen LogP contribution is -2.37. The van der Waals surface area contributed by atoms with Gasteiger partial charge in [0.2, 0.25) is 5.28 Å². The van der Waals surface area contributed by atoms with E-state index >= 15 is 0 Å². The summed E-state index contributed by atoms with van der Waals surface area (Å²) in [6.07, 6.45) is -3.48. The van der Waals surface area contributed by atoms with Crippen LogP contribution < -0.4 is 10.8 Å². The molecule has 0 bridgehead atoms. The third kappa shape index (κ3) is 3.41. The van der Waals surface area contributed by atoms with Crippen LogP contribution in [0.15, 0.2) is 36.7 Å². The van der Waals surface area contributed by atoms with Crippen molar-refractivity contribution in [1.29, 1.82) is 0 Å². The second kappa shape index (κ2) is 7.19. The molecule has 0 radical (unpaired) electrons. The number of nitrogen functional groups attached to an aromatic ring is 1. The van der Waals surface area contributed by atoms with Crippen LogP contribution in [0.1, 0.15) is 11.8 Å². The fraction of sp³-hybridized carbons (Fsp3) is 0.353. The third-order valence-electron chi connectivity index (χ3n) is 5.38. The van der Waals surface area contributed by atoms with Gasteiger partial charge in [0, 0.05) is 6.54 Å². The Balaban J connectivity index is 1.30. The number of fused-ring (bicyclic) bond motifs is 2. The molecule has 2 fully saturated rings. The van der Waals surface area contributed by atoms with E-state index in [2.05, 4.69) is 20.0 Å². The number of nitrogens with two attached hydrogens (primary N) is 1. The maximum absolute atomic E-state index is 12.4. The molecule has 6 atom stereocenters. The van der Waals surface area contributed by atoms with E-state index in [0.717, 1.165) is 5.56 Å². The molecule has 12 nitrogen and oxygen atoms in total. The number of rotatable bonds is 6. The maximum Gasteiger partial charge on any atom is 0.403 e. The van der Waals surface area contributed by atoms with Crippen LogP contribution in [-0.2, 0) is 20.4 Å². The van der Waals surface area contributed by atoms with E-state index in [4.69, 9.17) is 26.6 Å². The first-order valence-electron chi connectivity index (χ1n) is 9.22. The lowest BCUT2D eigenvalue weighted by Gasteiger charge is -2.24. The summed E-state index contributed by atoms with van der Waals surface area (Å²) in [7, 11) is -4.28. The predicted molar refractivity (Wildman–Crippen MR) is 108 cm³/mol. The summed E-state index contributed by atoms with van der Waals surface area (Å²) in [5.74, 6) is 0.0528. The number of hydrogen-bond donors (Lipinski definition) is 5. The van der Waals surface area contributed by atoms with Crippen LogP contribution >= 0.6 is 19.3 Å². The Morgan fingerprint density at radius 2 is 2.10 bits per heavy atom. The molecule has 6 N–H and O–H groups in total. The highest BCUT2D eigenvalue weighted by atomic mass is 35.5. The van der Waals surface area contributed by atoms with Gasteiger partial charge < -0.3 is 25.6 Å². The minimum absolute atomic E-state index is 0.0528. The van der Waals surface area contributed by atoms with Gasteiger partial charge in [0.25, 0.3) is 0 Å². The lowest BCUT2D eigenvalue weighted by molar-refractivity contribution is -0.0911. The fourth-order valence-electron chi connectivity index (χ4n) is 3.73. The summed E-state index contributed by atoms with van der Waals surface area (Å²) < 4.78 is 24.6. The monoisotopic (exact) mass is 468 g/mol. The number of hydrogen-bond acceptors (Lipinski definition) is 9. The van der Waals surface area contributed by atoms with Gasteiger partial charge in [-0.3, -0.25) is 9.09 Å². The number of aromatic nitrogens is 4. The van der Waals surface area contributed by atoms with E-state index in [1.165, 1.54) is 10.9 Å². The normalized spacial score (nSPS) is 31.5. The fourth-order valence-corrected chi connectivity index (χ4v) is 4.95. The molecule has 0 amide bonds. The van der Waals surface area contributed by atoms with Gasteiger partial charge in [0.1, 0.15) is 23.8 Å². The van der Waals surface area contributed by atoms with Crippen molar-refractivity contribution in [2.75, 3.05) is 5.73 Å². The zero-order chi connectivity index (χ0) is 22.0. The Hall–Kier alpha value is -2.15. The minimum Gasteiger partial charge on any atom is -0.385 e. The number of nitrogens with one attached hydrogen (secondary N) is 1. The van der Waals surface area contributed by atoms with Gasteiger partial charge in [-0.25, -0.2) is 14.6 Å². The number of halogens is 1. The van der Waals surface area contributed by atoms with Crippen molar-refractivity contribution in [3.8, 4) is 0 Å². The van der Waals surface area contributed by atoms with Crippen LogP contribution in [0.4, 0.5) is 5.82 Å². The van der Waals surface area contributed by atoms with Crippen molar-refractivity contribution in [2.24, 2.45) is 0 Å². The van der Waals surface area contributed by atoms with Crippen LogP contribution in [-0.4, -0.2) is 58.5 Å². The van der Waals surface area contributed by atoms with E-state index in [1.54, 1.807) is 24.3 Å². The Bertz CT molecular complexity index is 1200. The average molecular weight is 469 g/mol. The lowest BCUT2D eigenvalue weighted by atomic mass is 10.1. The zero-order valence-corrected chi connectivity index (χ0v) is 17.4. The van der Waals surface area contributed by atoms with Crippen LogP contribution in [0.3, 0.4) is 0 Å². The molecule has 1 aliphatic heterocycles. The van der Waals surface area contributed by atoms with Gasteiger partial charge >= 0.3 is 7.75 Å². The van der Waals surface area contributed by atoms with Gasteiger partial charge in [-0.2, -0.15) is 9.97 Å². The molecule has 2 unspecified atom stereocenters. The Morgan fingerprint density at radius 1 is 1.35 bits per heavy atom. The summed E-state index contributed by atoms with van der Waals surface area (Å²) in [4.78, 5) is 22.0. The van der Waals surface area contributed by atoms with E-state index in [1.807, 2.05) is 6.07 Å². The van der Waals surface area contributed by atoms with Crippen molar-refractivity contribution in [2.45, 2.75) is 36.7 Å². The molecule has 1 saturated heterocycles. The molecule has 1 aliphatic carbocycles. The Morgan fingerprint density at radius 3 is 2.77 bits per heavy atom. The molecule has 1 saturated carbocycles. The standard InChI is InChI=1S/C17H18ClN6O6P/c18-16-22-13(19)9-14(23-16)24(7-20-9)15-10(25)17(26)11(29-15)12(17)30-31(27,28)21-6-8-4-2-1-3-5-8/h1-5,7,10-12,15,25-26H,6H2,(H2,19,22,23)(H2,21,27,28)/t10-,11-,12?,15-,17+/m1/s1.